The van der Waals surface area contributed by atoms with Crippen molar-refractivity contribution in [2.75, 3.05) is 25.5 Å². The number of hydrogen-bond donors (Lipinski definition) is 1. The molecule has 5 rings (SSSR count). The lowest BCUT2D eigenvalue weighted by atomic mass is 9.64. The summed E-state index contributed by atoms with van der Waals surface area (Å²) in [6.45, 7) is 1.38. The number of hydrogen-bond acceptors (Lipinski definition) is 5. The summed E-state index contributed by atoms with van der Waals surface area (Å²) >= 11 is 0. The van der Waals surface area contributed by atoms with Crippen molar-refractivity contribution < 1.29 is 4.79 Å². The van der Waals surface area contributed by atoms with E-state index in [0.717, 1.165) is 25.0 Å². The summed E-state index contributed by atoms with van der Waals surface area (Å²) in [4.78, 5) is 24.1. The molecule has 0 radical (unpaired) electrons. The van der Waals surface area contributed by atoms with Gasteiger partial charge in [-0.15, -0.1) is 0 Å². The van der Waals surface area contributed by atoms with Crippen LogP contribution in [0.25, 0.3) is 11.3 Å². The van der Waals surface area contributed by atoms with Crippen LogP contribution < -0.4 is 5.32 Å². The van der Waals surface area contributed by atoms with E-state index >= 15 is 0 Å². The lowest BCUT2D eigenvalue weighted by molar-refractivity contribution is 0.0664. The number of likely N-dealkylation sites (tertiary alicyclic amines) is 1. The highest BCUT2D eigenvalue weighted by atomic mass is 16.2. The molecule has 31 heavy (non-hydrogen) atoms. The summed E-state index contributed by atoms with van der Waals surface area (Å²) in [6.07, 6.45) is 4.61. The van der Waals surface area contributed by atoms with Gasteiger partial charge in [0.25, 0.3) is 5.91 Å². The number of piperidine rings is 1. The van der Waals surface area contributed by atoms with Crippen molar-refractivity contribution in [3.05, 3.63) is 77.0 Å². The molecule has 1 aliphatic carbocycles. The molecule has 1 aliphatic heterocycles. The molecule has 6 heteroatoms. The van der Waals surface area contributed by atoms with Crippen molar-refractivity contribution in [3.8, 4) is 17.3 Å². The van der Waals surface area contributed by atoms with Crippen molar-refractivity contribution in [1.29, 1.82) is 5.26 Å². The monoisotopic (exact) mass is 409 g/mol. The Balaban J connectivity index is 1.43. The predicted molar refractivity (Wildman–Crippen MR) is 119 cm³/mol. The van der Waals surface area contributed by atoms with Crippen LogP contribution in [0.4, 0.5) is 5.95 Å². The highest BCUT2D eigenvalue weighted by Crippen LogP contribution is 2.48. The maximum Gasteiger partial charge on any atom is 0.253 e. The van der Waals surface area contributed by atoms with Crippen molar-refractivity contribution >= 4 is 11.9 Å². The van der Waals surface area contributed by atoms with Crippen LogP contribution in [0.2, 0.25) is 0 Å². The fraction of sp³-hybridized carbons (Fsp3) is 0.280. The summed E-state index contributed by atoms with van der Waals surface area (Å²) in [5, 5.41) is 12.2. The van der Waals surface area contributed by atoms with E-state index in [2.05, 4.69) is 40.6 Å². The number of amides is 1. The maximum absolute atomic E-state index is 13.0. The minimum atomic E-state index is -0.0145. The normalized spacial score (nSPS) is 16.2. The van der Waals surface area contributed by atoms with E-state index in [1.165, 1.54) is 16.7 Å². The fourth-order valence-electron chi connectivity index (χ4n) is 4.99. The second kappa shape index (κ2) is 7.51. The van der Waals surface area contributed by atoms with Crippen LogP contribution in [0.15, 0.2) is 54.7 Å². The van der Waals surface area contributed by atoms with Gasteiger partial charge in [0, 0.05) is 42.9 Å². The second-order valence-corrected chi connectivity index (χ2v) is 8.30. The van der Waals surface area contributed by atoms with Crippen molar-refractivity contribution in [2.45, 2.75) is 24.7 Å². The van der Waals surface area contributed by atoms with Crippen LogP contribution in [0.1, 0.15) is 39.9 Å². The number of nitrogens with one attached hydrogen (secondary N) is 1. The molecule has 0 bridgehead atoms. The number of benzene rings is 2. The van der Waals surface area contributed by atoms with Crippen LogP contribution in [0.5, 0.6) is 0 Å². The average Bonchev–Trinajstić information content (AvgIpc) is 2.84. The molecule has 2 heterocycles. The number of carbonyl (C=O) groups is 1. The third-order valence-corrected chi connectivity index (χ3v) is 6.62. The molecule has 1 N–H and O–H groups in total. The van der Waals surface area contributed by atoms with E-state index in [-0.39, 0.29) is 11.3 Å². The third-order valence-electron chi connectivity index (χ3n) is 6.62. The van der Waals surface area contributed by atoms with Gasteiger partial charge < -0.3 is 10.2 Å². The fourth-order valence-corrected chi connectivity index (χ4v) is 4.99. The molecule has 1 spiro atoms. The van der Waals surface area contributed by atoms with Crippen molar-refractivity contribution in [2.24, 2.45) is 0 Å². The molecule has 6 nitrogen and oxygen atoms in total. The third kappa shape index (κ3) is 3.23. The van der Waals surface area contributed by atoms with E-state index in [4.69, 9.17) is 10.2 Å². The number of anilines is 1. The van der Waals surface area contributed by atoms with E-state index in [9.17, 15) is 4.79 Å². The minimum absolute atomic E-state index is 0.00144. The quantitative estimate of drug-likeness (QED) is 0.696. The van der Waals surface area contributed by atoms with Crippen LogP contribution in [-0.2, 0) is 11.8 Å². The van der Waals surface area contributed by atoms with E-state index in [1.54, 1.807) is 24.3 Å². The zero-order chi connectivity index (χ0) is 21.4. The molecule has 3 aromatic rings. The van der Waals surface area contributed by atoms with Crippen molar-refractivity contribution in [1.82, 2.24) is 14.9 Å². The molecule has 0 unspecified atom stereocenters. The van der Waals surface area contributed by atoms with Crippen molar-refractivity contribution in [3.63, 3.8) is 0 Å². The molecule has 1 saturated heterocycles. The summed E-state index contributed by atoms with van der Waals surface area (Å²) < 4.78 is 0. The number of nitrogens with zero attached hydrogens (tertiary/aromatic N) is 4. The van der Waals surface area contributed by atoms with Gasteiger partial charge in [-0.05, 0) is 48.6 Å². The summed E-state index contributed by atoms with van der Waals surface area (Å²) in [6, 6.07) is 17.6. The van der Waals surface area contributed by atoms with Crippen LogP contribution in [0.3, 0.4) is 0 Å². The first kappa shape index (κ1) is 19.3. The van der Waals surface area contributed by atoms with Gasteiger partial charge in [-0.25, -0.2) is 9.97 Å². The van der Waals surface area contributed by atoms with E-state index in [0.29, 0.717) is 30.2 Å². The molecule has 154 valence electrons. The van der Waals surface area contributed by atoms with Crippen LogP contribution >= 0.6 is 0 Å². The molecule has 1 amide bonds. The van der Waals surface area contributed by atoms with Gasteiger partial charge in [-0.3, -0.25) is 4.79 Å². The molecule has 2 aromatic carbocycles. The number of fused-ring (bicyclic) bond motifs is 4. The molecule has 2 aliphatic rings. The molecule has 1 fully saturated rings. The van der Waals surface area contributed by atoms with Crippen LogP contribution in [-0.4, -0.2) is 40.9 Å². The standard InChI is InChI=1S/C25H23N5O/c1-27-24-28-16-19-14-25(21-8-3-2-7-20(21)22(19)29-24)9-11-30(12-10-25)23(31)18-6-4-5-17(13-18)15-26/h2-8,13,16H,9-12,14H2,1H3,(H,27,28,29). The maximum atomic E-state index is 13.0. The highest BCUT2D eigenvalue weighted by molar-refractivity contribution is 5.94. The number of rotatable bonds is 2. The van der Waals surface area contributed by atoms with Gasteiger partial charge in [-0.1, -0.05) is 30.3 Å². The summed E-state index contributed by atoms with van der Waals surface area (Å²) in [7, 11) is 1.83. The minimum Gasteiger partial charge on any atom is -0.357 e. The predicted octanol–water partition coefficient (Wildman–Crippen LogP) is 3.79. The molecular weight excluding hydrogens is 386 g/mol. The zero-order valence-corrected chi connectivity index (χ0v) is 17.4. The topological polar surface area (TPSA) is 81.9 Å². The summed E-state index contributed by atoms with van der Waals surface area (Å²) in [5.41, 5.74) is 5.74. The Labute approximate surface area is 181 Å². The Kier molecular flexibility index (Phi) is 4.67. The first-order valence-corrected chi connectivity index (χ1v) is 10.6. The average molecular weight is 409 g/mol. The first-order chi connectivity index (χ1) is 15.1. The molecule has 1 aromatic heterocycles. The van der Waals surface area contributed by atoms with Gasteiger partial charge in [-0.2, -0.15) is 5.26 Å². The molecule has 0 saturated carbocycles. The molecular formula is C25H23N5O. The highest BCUT2D eigenvalue weighted by Gasteiger charge is 2.42. The lowest BCUT2D eigenvalue weighted by Crippen LogP contribution is -2.47. The Morgan fingerprint density at radius 1 is 1.16 bits per heavy atom. The number of aromatic nitrogens is 2. The Bertz CT molecular complexity index is 1200. The van der Waals surface area contributed by atoms with Crippen LogP contribution in [0, 0.1) is 11.3 Å². The Morgan fingerprint density at radius 3 is 2.74 bits per heavy atom. The Morgan fingerprint density at radius 2 is 1.97 bits per heavy atom. The molecule has 0 atom stereocenters. The van der Waals surface area contributed by atoms with E-state index < -0.39 is 0 Å². The number of carbonyl (C=O) groups excluding carboxylic acids is 1. The second-order valence-electron chi connectivity index (χ2n) is 8.30. The Hall–Kier alpha value is -3.72. The smallest absolute Gasteiger partial charge is 0.253 e. The van der Waals surface area contributed by atoms with Gasteiger partial charge in [0.05, 0.1) is 17.3 Å². The van der Waals surface area contributed by atoms with Gasteiger partial charge in [0.2, 0.25) is 5.95 Å². The van der Waals surface area contributed by atoms with Gasteiger partial charge >= 0.3 is 0 Å². The first-order valence-electron chi connectivity index (χ1n) is 10.6. The number of nitriles is 1. The van der Waals surface area contributed by atoms with E-state index in [1.807, 2.05) is 18.1 Å². The zero-order valence-electron chi connectivity index (χ0n) is 17.4. The van der Waals surface area contributed by atoms with Gasteiger partial charge in [0.15, 0.2) is 0 Å². The SMILES string of the molecule is CNc1ncc2c(n1)-c1ccccc1C1(CCN(C(=O)c3cccc(C#N)c3)CC1)C2. The largest absolute Gasteiger partial charge is 0.357 e. The van der Waals surface area contributed by atoms with Gasteiger partial charge in [0.1, 0.15) is 0 Å². The summed E-state index contributed by atoms with van der Waals surface area (Å²) in [5.74, 6) is 0.628. The lowest BCUT2D eigenvalue weighted by Gasteiger charge is -2.45.